The molecule has 0 fully saturated rings. The Kier molecular flexibility index (Phi) is 2.41. The molecule has 0 radical (unpaired) electrons. The van der Waals surface area contributed by atoms with Crippen LogP contribution in [0.3, 0.4) is 0 Å². The minimum atomic E-state index is -0.706. The van der Waals surface area contributed by atoms with Gasteiger partial charge in [0.05, 0.1) is 5.92 Å². The molecule has 2 nitrogen and oxygen atoms in total. The zero-order valence-electron chi connectivity index (χ0n) is 4.64. The van der Waals surface area contributed by atoms with E-state index in [0.29, 0.717) is 0 Å². The third-order valence-electron chi connectivity index (χ3n) is 1.03. The first-order valence-electron chi connectivity index (χ1n) is 2.41. The normalized spacial score (nSPS) is 13.4. The van der Waals surface area contributed by atoms with Crippen LogP contribution in [-0.2, 0) is 4.79 Å². The fraction of sp³-hybridized carbons (Fsp3) is 0.800. The second kappa shape index (κ2) is 2.61. The molecule has 0 rings (SSSR count). The summed E-state index contributed by atoms with van der Waals surface area (Å²) in [5, 5.41) is 8.18. The summed E-state index contributed by atoms with van der Waals surface area (Å²) < 4.78 is 0. The average molecular weight is 104 g/mol. The van der Waals surface area contributed by atoms with E-state index in [-0.39, 0.29) is 5.92 Å². The van der Waals surface area contributed by atoms with Crippen LogP contribution in [0, 0.1) is 5.92 Å². The number of carbonyl (C=O) groups is 1. The van der Waals surface area contributed by atoms with Crippen molar-refractivity contribution in [1.82, 2.24) is 0 Å². The Balaban J connectivity index is 3.34. The second-order valence-corrected chi connectivity index (χ2v) is 1.65. The Labute approximate surface area is 43.2 Å². The molecule has 1 atom stereocenters. The molecule has 0 heterocycles. The minimum absolute atomic E-state index is 0.181. The monoisotopic (exact) mass is 104 g/mol. The van der Waals surface area contributed by atoms with E-state index >= 15 is 0 Å². The van der Waals surface area contributed by atoms with Gasteiger partial charge < -0.3 is 5.11 Å². The highest BCUT2D eigenvalue weighted by molar-refractivity contribution is 5.69. The van der Waals surface area contributed by atoms with Crippen LogP contribution in [0.1, 0.15) is 20.3 Å². The van der Waals surface area contributed by atoms with Crippen LogP contribution in [0.5, 0.6) is 0 Å². The lowest BCUT2D eigenvalue weighted by Gasteiger charge is -1.96. The summed E-state index contributed by atoms with van der Waals surface area (Å²) in [5.41, 5.74) is 0. The first kappa shape index (κ1) is 6.47. The fourth-order valence-electron chi connectivity index (χ4n) is 0.175. The Bertz CT molecular complexity index is 68.5. The fourth-order valence-corrected chi connectivity index (χ4v) is 0.175. The van der Waals surface area contributed by atoms with Crippen molar-refractivity contribution >= 4 is 5.97 Å². The predicted molar refractivity (Wildman–Crippen MR) is 27.1 cm³/mol. The van der Waals surface area contributed by atoms with Gasteiger partial charge in [-0.3, -0.25) is 4.79 Å². The van der Waals surface area contributed by atoms with Crippen LogP contribution in [0.2, 0.25) is 0 Å². The molecule has 0 aromatic carbocycles. The summed E-state index contributed by atoms with van der Waals surface area (Å²) in [7, 11) is 0. The zero-order chi connectivity index (χ0) is 5.86. The lowest BCUT2D eigenvalue weighted by Crippen LogP contribution is -2.06. The van der Waals surface area contributed by atoms with Gasteiger partial charge in [0.15, 0.2) is 0 Å². The molecule has 0 saturated heterocycles. The molecule has 0 aromatic rings. The van der Waals surface area contributed by atoms with Gasteiger partial charge in [-0.1, -0.05) is 13.8 Å². The molecule has 0 aliphatic rings. The van der Waals surface area contributed by atoms with Crippen molar-refractivity contribution in [3.8, 4) is 0 Å². The topological polar surface area (TPSA) is 37.3 Å². The predicted octanol–water partition coefficient (Wildman–Crippen LogP) is 1.12. The van der Waals surface area contributed by atoms with Crippen molar-refractivity contribution in [2.75, 3.05) is 0 Å². The number of carboxylic acids is 1. The zero-order valence-corrected chi connectivity index (χ0v) is 4.64. The molecule has 1 N–H and O–H groups in total. The Morgan fingerprint density at radius 2 is 2.29 bits per heavy atom. The van der Waals surface area contributed by atoms with Gasteiger partial charge in [0, 0.05) is 0 Å². The standard InChI is InChI=1S/C5H10O2/c1-3-4(2)5(6)7/h4H,3H2,1-2H3,(H,6,7)/i1+1,3+1. The first-order chi connectivity index (χ1) is 3.18. The van der Waals surface area contributed by atoms with E-state index in [9.17, 15) is 4.79 Å². The molecule has 7 heavy (non-hydrogen) atoms. The van der Waals surface area contributed by atoms with Crippen molar-refractivity contribution in [1.29, 1.82) is 0 Å². The van der Waals surface area contributed by atoms with E-state index in [1.165, 1.54) is 0 Å². The smallest absolute Gasteiger partial charge is 0.306 e. The van der Waals surface area contributed by atoms with Crippen molar-refractivity contribution in [3.63, 3.8) is 0 Å². The summed E-state index contributed by atoms with van der Waals surface area (Å²) in [5.74, 6) is -0.887. The van der Waals surface area contributed by atoms with Crippen molar-refractivity contribution in [2.24, 2.45) is 5.92 Å². The van der Waals surface area contributed by atoms with Crippen molar-refractivity contribution in [2.45, 2.75) is 20.3 Å². The number of rotatable bonds is 2. The summed E-state index contributed by atoms with van der Waals surface area (Å²) in [4.78, 5) is 9.93. The lowest BCUT2D eigenvalue weighted by molar-refractivity contribution is -0.141. The molecule has 0 aliphatic heterocycles. The highest BCUT2D eigenvalue weighted by Crippen LogP contribution is 1.97. The summed E-state index contributed by atoms with van der Waals surface area (Å²) >= 11 is 0. The molecule has 0 spiro atoms. The molecule has 1 unspecified atom stereocenters. The van der Waals surface area contributed by atoms with Crippen LogP contribution in [0.25, 0.3) is 0 Å². The van der Waals surface area contributed by atoms with E-state index in [2.05, 4.69) is 0 Å². The third-order valence-corrected chi connectivity index (χ3v) is 1.03. The van der Waals surface area contributed by atoms with Crippen molar-refractivity contribution < 1.29 is 9.90 Å². The molecule has 0 aromatic heterocycles. The molecule has 0 saturated carbocycles. The SMILES string of the molecule is CC([13CH2][13CH3])C(=O)O. The van der Waals surface area contributed by atoms with Crippen LogP contribution in [0.15, 0.2) is 0 Å². The van der Waals surface area contributed by atoms with Gasteiger partial charge in [-0.2, -0.15) is 0 Å². The van der Waals surface area contributed by atoms with Crippen LogP contribution >= 0.6 is 0 Å². The molecular weight excluding hydrogens is 94.0 g/mol. The van der Waals surface area contributed by atoms with Gasteiger partial charge in [-0.05, 0) is 6.42 Å². The minimum Gasteiger partial charge on any atom is -0.481 e. The molecule has 0 amide bonds. The van der Waals surface area contributed by atoms with Crippen LogP contribution < -0.4 is 0 Å². The van der Waals surface area contributed by atoms with Gasteiger partial charge in [-0.15, -0.1) is 0 Å². The maximum atomic E-state index is 9.93. The summed E-state index contributed by atoms with van der Waals surface area (Å²) in [6.45, 7) is 3.56. The molecular formula is C5H10O2. The summed E-state index contributed by atoms with van der Waals surface area (Å²) in [6, 6.07) is 0. The Morgan fingerprint density at radius 1 is 1.86 bits per heavy atom. The second-order valence-electron chi connectivity index (χ2n) is 1.65. The van der Waals surface area contributed by atoms with E-state index in [0.717, 1.165) is 6.42 Å². The first-order valence-corrected chi connectivity index (χ1v) is 2.41. The highest BCUT2D eigenvalue weighted by atomic mass is 16.4. The van der Waals surface area contributed by atoms with E-state index in [1.807, 2.05) is 6.92 Å². The number of hydrogen-bond donors (Lipinski definition) is 1. The highest BCUT2D eigenvalue weighted by Gasteiger charge is 2.05. The van der Waals surface area contributed by atoms with Gasteiger partial charge in [0.1, 0.15) is 0 Å². The molecule has 2 heteroatoms. The van der Waals surface area contributed by atoms with Crippen LogP contribution in [-0.4, -0.2) is 11.1 Å². The molecule has 0 bridgehead atoms. The molecule has 0 aliphatic carbocycles. The van der Waals surface area contributed by atoms with Crippen molar-refractivity contribution in [3.05, 3.63) is 0 Å². The Hall–Kier alpha value is -0.530. The lowest BCUT2D eigenvalue weighted by atomic mass is 10.3. The van der Waals surface area contributed by atoms with Gasteiger partial charge in [0.25, 0.3) is 0 Å². The largest absolute Gasteiger partial charge is 0.481 e. The molecule has 42 valence electrons. The number of hydrogen-bond acceptors (Lipinski definition) is 1. The quantitative estimate of drug-likeness (QED) is 0.533. The van der Waals surface area contributed by atoms with E-state index in [1.54, 1.807) is 6.92 Å². The Morgan fingerprint density at radius 3 is 2.29 bits per heavy atom. The maximum Gasteiger partial charge on any atom is 0.306 e. The van der Waals surface area contributed by atoms with Crippen LogP contribution in [0.4, 0.5) is 0 Å². The van der Waals surface area contributed by atoms with E-state index < -0.39 is 5.97 Å². The average Bonchev–Trinajstić information content (AvgIpc) is 1.65. The van der Waals surface area contributed by atoms with Gasteiger partial charge in [-0.25, -0.2) is 0 Å². The third kappa shape index (κ3) is 2.20. The maximum absolute atomic E-state index is 9.93. The number of carboxylic acid groups (broad SMARTS) is 1. The van der Waals surface area contributed by atoms with Gasteiger partial charge in [0.2, 0.25) is 0 Å². The number of aliphatic carboxylic acids is 1. The van der Waals surface area contributed by atoms with E-state index in [4.69, 9.17) is 5.11 Å². The summed E-state index contributed by atoms with van der Waals surface area (Å²) in [6.07, 6.45) is 0.718. The van der Waals surface area contributed by atoms with Gasteiger partial charge >= 0.3 is 5.97 Å².